The molecule has 3 nitrogen and oxygen atoms in total. The number of hydrogen-bond donors (Lipinski definition) is 0. The summed E-state index contributed by atoms with van der Waals surface area (Å²) < 4.78 is 1.94. The number of imidazole rings is 1. The number of nitrogens with zero attached hydrogens (tertiary/aromatic N) is 3. The van der Waals surface area contributed by atoms with Crippen molar-refractivity contribution in [3.63, 3.8) is 0 Å². The van der Waals surface area contributed by atoms with Crippen molar-refractivity contribution in [1.29, 1.82) is 5.26 Å². The predicted octanol–water partition coefficient (Wildman–Crippen LogP) is 3.74. The van der Waals surface area contributed by atoms with Crippen LogP contribution in [-0.2, 0) is 6.54 Å². The van der Waals surface area contributed by atoms with Crippen LogP contribution in [0.3, 0.4) is 0 Å². The topological polar surface area (TPSA) is 41.6 Å². The molecular weight excluding hydrogens is 257 g/mol. The number of fused-ring (bicyclic) bond motifs is 1. The standard InChI is InChI=1S/C12H9Cl2N3/c13-8-5-10-11(6-9(8)14)17(4-3-15)12(16-10)7-1-2-7/h5-7H,1-2,4H2. The Hall–Kier alpha value is -1.24. The van der Waals surface area contributed by atoms with Crippen molar-refractivity contribution in [3.8, 4) is 6.07 Å². The lowest BCUT2D eigenvalue weighted by atomic mass is 10.3. The second kappa shape index (κ2) is 3.90. The average molecular weight is 266 g/mol. The molecule has 86 valence electrons. The fourth-order valence-electron chi connectivity index (χ4n) is 2.03. The maximum absolute atomic E-state index is 8.89. The Bertz CT molecular complexity index is 635. The number of aromatic nitrogens is 2. The molecule has 5 heteroatoms. The second-order valence-electron chi connectivity index (χ2n) is 4.24. The van der Waals surface area contributed by atoms with Crippen molar-refractivity contribution in [1.82, 2.24) is 9.55 Å². The van der Waals surface area contributed by atoms with E-state index in [2.05, 4.69) is 11.1 Å². The minimum absolute atomic E-state index is 0.306. The van der Waals surface area contributed by atoms with E-state index in [1.54, 1.807) is 12.1 Å². The van der Waals surface area contributed by atoms with Gasteiger partial charge in [0.25, 0.3) is 0 Å². The molecule has 0 bridgehead atoms. The highest BCUT2D eigenvalue weighted by Gasteiger charge is 2.29. The molecule has 0 atom stereocenters. The largest absolute Gasteiger partial charge is 0.314 e. The lowest BCUT2D eigenvalue weighted by Crippen LogP contribution is -2.00. The summed E-state index contributed by atoms with van der Waals surface area (Å²) >= 11 is 12.0. The van der Waals surface area contributed by atoms with Crippen molar-refractivity contribution in [3.05, 3.63) is 28.0 Å². The molecular formula is C12H9Cl2N3. The Kier molecular flexibility index (Phi) is 2.50. The summed E-state index contributed by atoms with van der Waals surface area (Å²) in [5.41, 5.74) is 1.71. The summed E-state index contributed by atoms with van der Waals surface area (Å²) in [6, 6.07) is 5.72. The summed E-state index contributed by atoms with van der Waals surface area (Å²) in [4.78, 5) is 4.56. The first kappa shape index (κ1) is 10.9. The van der Waals surface area contributed by atoms with Gasteiger partial charge in [-0.05, 0) is 25.0 Å². The molecule has 0 saturated heterocycles. The second-order valence-corrected chi connectivity index (χ2v) is 5.06. The van der Waals surface area contributed by atoms with E-state index in [1.165, 1.54) is 0 Å². The van der Waals surface area contributed by atoms with E-state index in [0.29, 0.717) is 22.5 Å². The van der Waals surface area contributed by atoms with Gasteiger partial charge in [0.15, 0.2) is 0 Å². The molecule has 0 aliphatic heterocycles. The smallest absolute Gasteiger partial charge is 0.113 e. The van der Waals surface area contributed by atoms with Gasteiger partial charge >= 0.3 is 0 Å². The summed E-state index contributed by atoms with van der Waals surface area (Å²) in [7, 11) is 0. The number of benzene rings is 1. The summed E-state index contributed by atoms with van der Waals surface area (Å²) in [6.45, 7) is 0.306. The maximum atomic E-state index is 8.89. The molecule has 0 amide bonds. The lowest BCUT2D eigenvalue weighted by Gasteiger charge is -2.03. The van der Waals surface area contributed by atoms with Crippen molar-refractivity contribution in [2.75, 3.05) is 0 Å². The molecule has 2 aromatic rings. The predicted molar refractivity (Wildman–Crippen MR) is 67.3 cm³/mol. The first-order valence-electron chi connectivity index (χ1n) is 5.43. The van der Waals surface area contributed by atoms with Gasteiger partial charge < -0.3 is 4.57 Å². The van der Waals surface area contributed by atoms with Gasteiger partial charge in [-0.2, -0.15) is 5.26 Å². The fourth-order valence-corrected chi connectivity index (χ4v) is 2.34. The zero-order valence-electron chi connectivity index (χ0n) is 8.95. The number of nitriles is 1. The number of halogens is 2. The van der Waals surface area contributed by atoms with Crippen LogP contribution in [0.1, 0.15) is 24.6 Å². The van der Waals surface area contributed by atoms with E-state index in [1.807, 2.05) is 4.57 Å². The molecule has 0 radical (unpaired) electrons. The van der Waals surface area contributed by atoms with Crippen LogP contribution < -0.4 is 0 Å². The summed E-state index contributed by atoms with van der Waals surface area (Å²) in [5.74, 6) is 1.48. The highest BCUT2D eigenvalue weighted by atomic mass is 35.5. The SMILES string of the molecule is N#CCn1c(C2CC2)nc2cc(Cl)c(Cl)cc21. The van der Waals surface area contributed by atoms with Crippen molar-refractivity contribution in [2.24, 2.45) is 0 Å². The Balaban J connectivity index is 2.27. The molecule has 3 rings (SSSR count). The molecule has 1 aromatic heterocycles. The molecule has 1 saturated carbocycles. The van der Waals surface area contributed by atoms with E-state index in [4.69, 9.17) is 28.5 Å². The van der Waals surface area contributed by atoms with Crippen molar-refractivity contribution >= 4 is 34.2 Å². The molecule has 0 spiro atoms. The quantitative estimate of drug-likeness (QED) is 0.830. The Morgan fingerprint density at radius 2 is 2.06 bits per heavy atom. The van der Waals surface area contributed by atoms with Crippen LogP contribution in [0, 0.1) is 11.3 Å². The van der Waals surface area contributed by atoms with Gasteiger partial charge in [0.1, 0.15) is 12.4 Å². The van der Waals surface area contributed by atoms with E-state index in [-0.39, 0.29) is 0 Å². The van der Waals surface area contributed by atoms with Gasteiger partial charge in [0.05, 0.1) is 27.1 Å². The Labute approximate surface area is 109 Å². The van der Waals surface area contributed by atoms with E-state index < -0.39 is 0 Å². The Morgan fingerprint density at radius 1 is 1.35 bits per heavy atom. The zero-order chi connectivity index (χ0) is 12.0. The van der Waals surface area contributed by atoms with Crippen LogP contribution in [-0.4, -0.2) is 9.55 Å². The maximum Gasteiger partial charge on any atom is 0.113 e. The molecule has 1 aliphatic rings. The van der Waals surface area contributed by atoms with Gasteiger partial charge in [0, 0.05) is 5.92 Å². The molecule has 0 N–H and O–H groups in total. The van der Waals surface area contributed by atoms with E-state index in [0.717, 1.165) is 29.7 Å². The molecule has 0 unspecified atom stereocenters. The minimum atomic E-state index is 0.306. The number of hydrogen-bond acceptors (Lipinski definition) is 2. The highest BCUT2D eigenvalue weighted by molar-refractivity contribution is 6.42. The highest BCUT2D eigenvalue weighted by Crippen LogP contribution is 2.41. The summed E-state index contributed by atoms with van der Waals surface area (Å²) in [5, 5.41) is 9.89. The van der Waals surface area contributed by atoms with Crippen LogP contribution in [0.2, 0.25) is 10.0 Å². The third-order valence-electron chi connectivity index (χ3n) is 2.99. The monoisotopic (exact) mass is 265 g/mol. The van der Waals surface area contributed by atoms with Gasteiger partial charge in [-0.15, -0.1) is 0 Å². The fraction of sp³-hybridized carbons (Fsp3) is 0.333. The van der Waals surface area contributed by atoms with Gasteiger partial charge in [-0.3, -0.25) is 0 Å². The molecule has 1 heterocycles. The molecule has 17 heavy (non-hydrogen) atoms. The first-order chi connectivity index (χ1) is 8.20. The van der Waals surface area contributed by atoms with E-state index in [9.17, 15) is 0 Å². The average Bonchev–Trinajstić information content (AvgIpc) is 3.08. The van der Waals surface area contributed by atoms with Crippen LogP contribution in [0.5, 0.6) is 0 Å². The van der Waals surface area contributed by atoms with Crippen molar-refractivity contribution in [2.45, 2.75) is 25.3 Å². The van der Waals surface area contributed by atoms with Crippen LogP contribution >= 0.6 is 23.2 Å². The normalized spacial score (nSPS) is 15.1. The minimum Gasteiger partial charge on any atom is -0.314 e. The van der Waals surface area contributed by atoms with Crippen LogP contribution in [0.25, 0.3) is 11.0 Å². The molecule has 1 fully saturated rings. The number of rotatable bonds is 2. The summed E-state index contributed by atoms with van der Waals surface area (Å²) in [6.07, 6.45) is 2.30. The first-order valence-corrected chi connectivity index (χ1v) is 6.18. The van der Waals surface area contributed by atoms with Crippen LogP contribution in [0.15, 0.2) is 12.1 Å². The lowest BCUT2D eigenvalue weighted by molar-refractivity contribution is 0.769. The zero-order valence-corrected chi connectivity index (χ0v) is 10.5. The van der Waals surface area contributed by atoms with Gasteiger partial charge in [0.2, 0.25) is 0 Å². The van der Waals surface area contributed by atoms with Crippen molar-refractivity contribution < 1.29 is 0 Å². The van der Waals surface area contributed by atoms with Gasteiger partial charge in [-0.1, -0.05) is 23.2 Å². The Morgan fingerprint density at radius 3 is 2.71 bits per heavy atom. The van der Waals surface area contributed by atoms with Crippen LogP contribution in [0.4, 0.5) is 0 Å². The molecule has 1 aromatic carbocycles. The third-order valence-corrected chi connectivity index (χ3v) is 3.71. The molecule has 1 aliphatic carbocycles. The van der Waals surface area contributed by atoms with Gasteiger partial charge in [-0.25, -0.2) is 4.98 Å². The third kappa shape index (κ3) is 1.78. The van der Waals surface area contributed by atoms with E-state index >= 15 is 0 Å².